The molecule has 8 heavy (non-hydrogen) atoms. The fraction of sp³-hybridized carbons (Fsp3) is 1.00. The van der Waals surface area contributed by atoms with Crippen molar-refractivity contribution < 1.29 is 20.1 Å². The Morgan fingerprint density at radius 1 is 1.25 bits per heavy atom. The highest BCUT2D eigenvalue weighted by atomic mass is 16.7. The summed E-state index contributed by atoms with van der Waals surface area (Å²) in [5, 5.41) is 25.8. The molecule has 0 spiro atoms. The van der Waals surface area contributed by atoms with Crippen LogP contribution in [0.2, 0.25) is 0 Å². The first-order valence-corrected chi connectivity index (χ1v) is 2.37. The van der Waals surface area contributed by atoms with E-state index in [0.29, 0.717) is 0 Å². The number of hydrogen-bond acceptors (Lipinski definition) is 4. The minimum absolute atomic E-state index is 0.0162. The Labute approximate surface area is 46.3 Å². The van der Waals surface area contributed by atoms with Crippen LogP contribution in [0.25, 0.3) is 0 Å². The molecule has 3 atom stereocenters. The molecule has 0 aromatic carbocycles. The molecule has 1 rings (SSSR count). The summed E-state index contributed by atoms with van der Waals surface area (Å²) < 4.78 is 4.43. The summed E-state index contributed by atoms with van der Waals surface area (Å²) in [6.07, 6.45) is -3.26. The lowest BCUT2D eigenvalue weighted by Gasteiger charge is -2.06. The van der Waals surface area contributed by atoms with Gasteiger partial charge in [0, 0.05) is 0 Å². The Bertz CT molecular complexity index is 74.1. The van der Waals surface area contributed by atoms with Crippen molar-refractivity contribution in [2.45, 2.75) is 18.5 Å². The molecule has 1 aliphatic rings. The van der Waals surface area contributed by atoms with E-state index in [0.717, 1.165) is 0 Å². The van der Waals surface area contributed by atoms with E-state index in [1.807, 2.05) is 0 Å². The Kier molecular flexibility index (Phi) is 1.48. The summed E-state index contributed by atoms with van der Waals surface area (Å²) in [4.78, 5) is 0. The van der Waals surface area contributed by atoms with Gasteiger partial charge in [0.25, 0.3) is 0 Å². The van der Waals surface area contributed by atoms with Gasteiger partial charge in [0.15, 0.2) is 6.29 Å². The predicted molar refractivity (Wildman–Crippen MR) is 24.0 cm³/mol. The minimum Gasteiger partial charge on any atom is -0.388 e. The predicted octanol–water partition coefficient (Wildman–Crippen LogP) is -1.94. The summed E-state index contributed by atoms with van der Waals surface area (Å²) in [6.45, 7) is 0.0162. The highest BCUT2D eigenvalue weighted by molar-refractivity contribution is 4.75. The van der Waals surface area contributed by atoms with Crippen molar-refractivity contribution >= 4 is 0 Å². The molecular formula is C4H8O4. The molecule has 0 radical (unpaired) electrons. The van der Waals surface area contributed by atoms with Crippen molar-refractivity contribution in [3.05, 3.63) is 0 Å². The van der Waals surface area contributed by atoms with Gasteiger partial charge in [-0.15, -0.1) is 0 Å². The molecule has 0 amide bonds. The van der Waals surface area contributed by atoms with E-state index in [4.69, 9.17) is 15.3 Å². The lowest BCUT2D eigenvalue weighted by molar-refractivity contribution is -0.111. The van der Waals surface area contributed by atoms with Gasteiger partial charge in [-0.3, -0.25) is 0 Å². The zero-order valence-electron chi connectivity index (χ0n) is 4.19. The van der Waals surface area contributed by atoms with Crippen LogP contribution < -0.4 is 0 Å². The van der Waals surface area contributed by atoms with E-state index >= 15 is 0 Å². The van der Waals surface area contributed by atoms with E-state index in [1.165, 1.54) is 0 Å². The molecule has 1 saturated heterocycles. The SMILES string of the molecule is OC1[13CH2]OC(O)[C@H]1O. The van der Waals surface area contributed by atoms with E-state index in [-0.39, 0.29) is 6.61 Å². The van der Waals surface area contributed by atoms with Gasteiger partial charge in [-0.05, 0) is 0 Å². The highest BCUT2D eigenvalue weighted by Crippen LogP contribution is 2.10. The third-order valence-electron chi connectivity index (χ3n) is 1.12. The Balaban J connectivity index is 2.44. The smallest absolute Gasteiger partial charge is 0.183 e. The molecule has 0 aliphatic carbocycles. The standard InChI is InChI=1S/C4H8O4/c5-2-1-8-4(7)3(2)6/h2-7H,1H2/t2?,3-,4?/m0/s1/i1+1. The largest absolute Gasteiger partial charge is 0.388 e. The zero-order chi connectivity index (χ0) is 6.15. The van der Waals surface area contributed by atoms with Gasteiger partial charge in [-0.1, -0.05) is 0 Å². The van der Waals surface area contributed by atoms with Gasteiger partial charge < -0.3 is 20.1 Å². The molecule has 0 saturated carbocycles. The van der Waals surface area contributed by atoms with E-state index in [9.17, 15) is 0 Å². The first-order valence-electron chi connectivity index (χ1n) is 2.37. The topological polar surface area (TPSA) is 69.9 Å². The zero-order valence-corrected chi connectivity index (χ0v) is 4.19. The second-order valence-corrected chi connectivity index (χ2v) is 1.78. The van der Waals surface area contributed by atoms with E-state index in [1.54, 1.807) is 0 Å². The van der Waals surface area contributed by atoms with Crippen LogP contribution in [0.1, 0.15) is 0 Å². The minimum atomic E-state index is -1.20. The summed E-state index contributed by atoms with van der Waals surface area (Å²) in [6, 6.07) is 0. The van der Waals surface area contributed by atoms with E-state index < -0.39 is 18.5 Å². The van der Waals surface area contributed by atoms with Crippen molar-refractivity contribution in [1.29, 1.82) is 0 Å². The molecular weight excluding hydrogens is 113 g/mol. The Morgan fingerprint density at radius 2 is 1.88 bits per heavy atom. The van der Waals surface area contributed by atoms with Gasteiger partial charge in [0.05, 0.1) is 6.61 Å². The lowest BCUT2D eigenvalue weighted by Crippen LogP contribution is -2.29. The van der Waals surface area contributed by atoms with Crippen LogP contribution in [0.5, 0.6) is 0 Å². The first-order chi connectivity index (χ1) is 3.72. The summed E-state index contributed by atoms with van der Waals surface area (Å²) in [5.74, 6) is 0. The third-order valence-corrected chi connectivity index (χ3v) is 1.12. The molecule has 1 fully saturated rings. The first kappa shape index (κ1) is 5.97. The van der Waals surface area contributed by atoms with Crippen molar-refractivity contribution in [3.8, 4) is 0 Å². The fourth-order valence-electron chi connectivity index (χ4n) is 0.584. The van der Waals surface area contributed by atoms with E-state index in [2.05, 4.69) is 4.74 Å². The molecule has 4 nitrogen and oxygen atoms in total. The monoisotopic (exact) mass is 121 g/mol. The summed E-state index contributed by atoms with van der Waals surface area (Å²) >= 11 is 0. The fourth-order valence-corrected chi connectivity index (χ4v) is 0.584. The quantitative estimate of drug-likeness (QED) is 0.326. The van der Waals surface area contributed by atoms with Crippen LogP contribution in [0.3, 0.4) is 0 Å². The highest BCUT2D eigenvalue weighted by Gasteiger charge is 2.32. The normalized spacial score (nSPS) is 47.6. The molecule has 0 aromatic heterocycles. The molecule has 4 heteroatoms. The van der Waals surface area contributed by atoms with Crippen molar-refractivity contribution in [2.24, 2.45) is 0 Å². The number of aliphatic hydroxyl groups excluding tert-OH is 3. The van der Waals surface area contributed by atoms with Crippen LogP contribution in [-0.2, 0) is 4.74 Å². The maximum absolute atomic E-state index is 8.64. The van der Waals surface area contributed by atoms with Gasteiger partial charge >= 0.3 is 0 Å². The van der Waals surface area contributed by atoms with Gasteiger partial charge in [-0.2, -0.15) is 0 Å². The van der Waals surface area contributed by atoms with Crippen LogP contribution in [0, 0.1) is 0 Å². The maximum atomic E-state index is 8.64. The molecule has 2 unspecified atom stereocenters. The maximum Gasteiger partial charge on any atom is 0.183 e. The number of rotatable bonds is 0. The van der Waals surface area contributed by atoms with Crippen LogP contribution >= 0.6 is 0 Å². The number of aliphatic hydroxyl groups is 3. The van der Waals surface area contributed by atoms with Crippen LogP contribution in [0.4, 0.5) is 0 Å². The van der Waals surface area contributed by atoms with Crippen molar-refractivity contribution in [3.63, 3.8) is 0 Å². The van der Waals surface area contributed by atoms with Crippen molar-refractivity contribution in [1.82, 2.24) is 0 Å². The molecule has 3 N–H and O–H groups in total. The Hall–Kier alpha value is -0.160. The average molecular weight is 121 g/mol. The number of ether oxygens (including phenoxy) is 1. The van der Waals surface area contributed by atoms with Crippen molar-refractivity contribution in [2.75, 3.05) is 6.61 Å². The lowest BCUT2D eigenvalue weighted by atomic mass is 10.3. The molecule has 48 valence electrons. The summed E-state index contributed by atoms with van der Waals surface area (Å²) in [5.41, 5.74) is 0. The van der Waals surface area contributed by atoms with Gasteiger partial charge in [-0.25, -0.2) is 0 Å². The second kappa shape index (κ2) is 1.99. The Morgan fingerprint density at radius 3 is 2.00 bits per heavy atom. The van der Waals surface area contributed by atoms with Gasteiger partial charge in [0.2, 0.25) is 0 Å². The summed E-state index contributed by atoms with van der Waals surface area (Å²) in [7, 11) is 0. The van der Waals surface area contributed by atoms with Crippen LogP contribution in [-0.4, -0.2) is 40.4 Å². The second-order valence-electron chi connectivity index (χ2n) is 1.78. The number of hydrogen-bond donors (Lipinski definition) is 3. The third kappa shape index (κ3) is 0.830. The molecule has 0 bridgehead atoms. The molecule has 0 aromatic rings. The van der Waals surface area contributed by atoms with Crippen LogP contribution in [0.15, 0.2) is 0 Å². The molecule has 1 aliphatic heterocycles. The van der Waals surface area contributed by atoms with Gasteiger partial charge in [0.1, 0.15) is 12.2 Å². The molecule has 1 heterocycles. The average Bonchev–Trinajstić information content (AvgIpc) is 1.98.